The van der Waals surface area contributed by atoms with E-state index >= 15 is 0 Å². The first-order valence-corrected chi connectivity index (χ1v) is 5.35. The van der Waals surface area contributed by atoms with Gasteiger partial charge >= 0.3 is 0 Å². The molecule has 13 heavy (non-hydrogen) atoms. The molecule has 0 unspecified atom stereocenters. The van der Waals surface area contributed by atoms with Crippen molar-refractivity contribution in [2.75, 3.05) is 13.1 Å². The first kappa shape index (κ1) is 8.72. The monoisotopic (exact) mass is 196 g/mol. The molecule has 70 valence electrons. The van der Waals surface area contributed by atoms with E-state index in [2.05, 4.69) is 5.43 Å². The van der Waals surface area contributed by atoms with E-state index in [1.807, 2.05) is 17.5 Å². The molecule has 1 saturated heterocycles. The number of amides is 1. The minimum Gasteiger partial charge on any atom is -0.273 e. The van der Waals surface area contributed by atoms with Crippen LogP contribution in [0.25, 0.3) is 0 Å². The molecule has 1 aromatic heterocycles. The summed E-state index contributed by atoms with van der Waals surface area (Å²) >= 11 is 1.49. The van der Waals surface area contributed by atoms with Gasteiger partial charge in [0.25, 0.3) is 5.91 Å². The van der Waals surface area contributed by atoms with Crippen molar-refractivity contribution in [3.8, 4) is 0 Å². The van der Waals surface area contributed by atoms with Crippen molar-refractivity contribution in [3.05, 3.63) is 22.4 Å². The molecule has 0 aromatic carbocycles. The van der Waals surface area contributed by atoms with Gasteiger partial charge < -0.3 is 0 Å². The van der Waals surface area contributed by atoms with Crippen molar-refractivity contribution in [3.63, 3.8) is 0 Å². The Morgan fingerprint density at radius 3 is 3.08 bits per heavy atom. The number of carbonyl (C=O) groups excluding carboxylic acids is 1. The number of thiophene rings is 1. The molecule has 1 N–H and O–H groups in total. The Balaban J connectivity index is 2.04. The smallest absolute Gasteiger partial charge is 0.273 e. The molecule has 1 aliphatic heterocycles. The largest absolute Gasteiger partial charge is 0.278 e. The van der Waals surface area contributed by atoms with Gasteiger partial charge in [-0.05, 0) is 24.3 Å². The van der Waals surface area contributed by atoms with E-state index in [9.17, 15) is 4.79 Å². The van der Waals surface area contributed by atoms with E-state index in [4.69, 9.17) is 0 Å². The summed E-state index contributed by atoms with van der Waals surface area (Å²) in [5.41, 5.74) is 3.10. The average Bonchev–Trinajstić information content (AvgIpc) is 2.71. The Morgan fingerprint density at radius 2 is 2.46 bits per heavy atom. The second kappa shape index (κ2) is 3.89. The fourth-order valence-electron chi connectivity index (χ4n) is 1.39. The minimum atomic E-state index is 0.106. The average molecular weight is 196 g/mol. The summed E-state index contributed by atoms with van der Waals surface area (Å²) in [4.78, 5) is 12.5. The van der Waals surface area contributed by atoms with Crippen LogP contribution < -0.4 is 5.43 Å². The van der Waals surface area contributed by atoms with Crippen LogP contribution in [0.2, 0.25) is 0 Å². The Bertz CT molecular complexity index is 278. The van der Waals surface area contributed by atoms with Gasteiger partial charge in [0, 0.05) is 13.1 Å². The minimum absolute atomic E-state index is 0.106. The van der Waals surface area contributed by atoms with Gasteiger partial charge in [0.15, 0.2) is 0 Å². The zero-order valence-corrected chi connectivity index (χ0v) is 8.14. The van der Waals surface area contributed by atoms with Crippen LogP contribution in [-0.4, -0.2) is 24.0 Å². The molecule has 1 aliphatic rings. The first-order chi connectivity index (χ1) is 6.38. The quantitative estimate of drug-likeness (QED) is 0.738. The van der Waals surface area contributed by atoms with Gasteiger partial charge in [-0.2, -0.15) is 0 Å². The maximum Gasteiger partial charge on any atom is 0.278 e. The van der Waals surface area contributed by atoms with E-state index in [0.717, 1.165) is 30.8 Å². The highest BCUT2D eigenvalue weighted by molar-refractivity contribution is 7.12. The van der Waals surface area contributed by atoms with Gasteiger partial charge in [-0.25, -0.2) is 5.43 Å². The summed E-state index contributed by atoms with van der Waals surface area (Å²) in [6.45, 7) is 1.74. The summed E-state index contributed by atoms with van der Waals surface area (Å²) < 4.78 is 0. The van der Waals surface area contributed by atoms with Crippen LogP contribution >= 0.6 is 11.3 Å². The fraction of sp³-hybridized carbons (Fsp3) is 0.444. The van der Waals surface area contributed by atoms with Crippen molar-refractivity contribution in [2.24, 2.45) is 0 Å². The number of carbonyl (C=O) groups is 1. The molecule has 1 fully saturated rings. The highest BCUT2D eigenvalue weighted by Crippen LogP contribution is 2.12. The third-order valence-corrected chi connectivity index (χ3v) is 2.95. The van der Waals surface area contributed by atoms with Gasteiger partial charge in [-0.15, -0.1) is 11.3 Å². The zero-order valence-electron chi connectivity index (χ0n) is 7.32. The molecule has 0 aliphatic carbocycles. The van der Waals surface area contributed by atoms with Crippen molar-refractivity contribution in [2.45, 2.75) is 12.8 Å². The van der Waals surface area contributed by atoms with Gasteiger partial charge in [0.1, 0.15) is 0 Å². The lowest BCUT2D eigenvalue weighted by molar-refractivity contribution is 0.0616. The van der Waals surface area contributed by atoms with E-state index < -0.39 is 0 Å². The van der Waals surface area contributed by atoms with Crippen LogP contribution in [0, 0.1) is 0 Å². The number of hydrogen-bond donors (Lipinski definition) is 1. The summed E-state index contributed by atoms with van der Waals surface area (Å²) in [5, 5.41) is 3.65. The SMILES string of the molecule is O=C(c1cccs1)N1CCCCN1. The summed E-state index contributed by atoms with van der Waals surface area (Å²) in [7, 11) is 0. The number of rotatable bonds is 1. The summed E-state index contributed by atoms with van der Waals surface area (Å²) in [6, 6.07) is 3.77. The molecule has 0 saturated carbocycles. The number of hydrazine groups is 1. The number of hydrogen-bond acceptors (Lipinski definition) is 3. The van der Waals surface area contributed by atoms with Gasteiger partial charge in [-0.3, -0.25) is 9.80 Å². The Kier molecular flexibility index (Phi) is 2.61. The van der Waals surface area contributed by atoms with Crippen LogP contribution in [0.15, 0.2) is 17.5 Å². The summed E-state index contributed by atoms with van der Waals surface area (Å²) in [6.07, 6.45) is 2.26. The molecule has 0 radical (unpaired) electrons. The highest BCUT2D eigenvalue weighted by atomic mass is 32.1. The number of nitrogens with one attached hydrogen (secondary N) is 1. The van der Waals surface area contributed by atoms with Crippen molar-refractivity contribution < 1.29 is 4.79 Å². The second-order valence-electron chi connectivity index (χ2n) is 3.05. The second-order valence-corrected chi connectivity index (χ2v) is 4.00. The van der Waals surface area contributed by atoms with Gasteiger partial charge in [-0.1, -0.05) is 6.07 Å². The van der Waals surface area contributed by atoms with Crippen LogP contribution in [0.3, 0.4) is 0 Å². The van der Waals surface area contributed by atoms with Crippen LogP contribution in [-0.2, 0) is 0 Å². The third kappa shape index (κ3) is 1.89. The predicted molar refractivity (Wildman–Crippen MR) is 52.6 cm³/mol. The van der Waals surface area contributed by atoms with Crippen molar-refractivity contribution in [1.29, 1.82) is 0 Å². The summed E-state index contributed by atoms with van der Waals surface area (Å²) in [5.74, 6) is 0.106. The molecule has 1 aromatic rings. The lowest BCUT2D eigenvalue weighted by Crippen LogP contribution is -2.46. The van der Waals surface area contributed by atoms with E-state index in [1.165, 1.54) is 11.3 Å². The van der Waals surface area contributed by atoms with Crippen LogP contribution in [0.5, 0.6) is 0 Å². The molecular weight excluding hydrogens is 184 g/mol. The molecule has 0 spiro atoms. The molecule has 4 heteroatoms. The van der Waals surface area contributed by atoms with Crippen LogP contribution in [0.1, 0.15) is 22.5 Å². The van der Waals surface area contributed by atoms with E-state index in [1.54, 1.807) is 5.01 Å². The molecule has 2 rings (SSSR count). The molecule has 0 atom stereocenters. The predicted octanol–water partition coefficient (Wildman–Crippen LogP) is 1.49. The molecular formula is C9H12N2OS. The van der Waals surface area contributed by atoms with Crippen molar-refractivity contribution >= 4 is 17.2 Å². The first-order valence-electron chi connectivity index (χ1n) is 4.47. The normalized spacial score (nSPS) is 17.4. The molecule has 3 nitrogen and oxygen atoms in total. The van der Waals surface area contributed by atoms with Crippen LogP contribution in [0.4, 0.5) is 0 Å². The Labute approximate surface area is 81.3 Å². The number of nitrogens with zero attached hydrogens (tertiary/aromatic N) is 1. The van der Waals surface area contributed by atoms with Gasteiger partial charge in [0.2, 0.25) is 0 Å². The Hall–Kier alpha value is -0.870. The highest BCUT2D eigenvalue weighted by Gasteiger charge is 2.17. The van der Waals surface area contributed by atoms with E-state index in [0.29, 0.717) is 0 Å². The molecule has 1 amide bonds. The topological polar surface area (TPSA) is 32.3 Å². The Morgan fingerprint density at radius 1 is 1.54 bits per heavy atom. The third-order valence-electron chi connectivity index (χ3n) is 2.09. The lowest BCUT2D eigenvalue weighted by atomic mass is 10.2. The molecule has 2 heterocycles. The maximum absolute atomic E-state index is 11.7. The zero-order chi connectivity index (χ0) is 9.10. The van der Waals surface area contributed by atoms with E-state index in [-0.39, 0.29) is 5.91 Å². The van der Waals surface area contributed by atoms with Gasteiger partial charge in [0.05, 0.1) is 4.88 Å². The fourth-order valence-corrected chi connectivity index (χ4v) is 2.07. The maximum atomic E-state index is 11.7. The standard InChI is InChI=1S/C9H12N2OS/c12-9(8-4-3-7-13-8)11-6-2-1-5-10-11/h3-4,7,10H,1-2,5-6H2. The van der Waals surface area contributed by atoms with Crippen molar-refractivity contribution in [1.82, 2.24) is 10.4 Å². The molecule has 0 bridgehead atoms. The lowest BCUT2D eigenvalue weighted by Gasteiger charge is -2.26.